The highest BCUT2D eigenvalue weighted by atomic mass is 32.2. The molecule has 7 heteroatoms. The molecule has 0 aliphatic carbocycles. The molecule has 1 aromatic heterocycles. The van der Waals surface area contributed by atoms with Gasteiger partial charge in [0.15, 0.2) is 0 Å². The fraction of sp³-hybridized carbons (Fsp3) is 0.231. The van der Waals surface area contributed by atoms with Crippen LogP contribution in [0, 0.1) is 11.3 Å². The van der Waals surface area contributed by atoms with E-state index in [1.807, 2.05) is 18.4 Å². The molecule has 1 aromatic carbocycles. The molecule has 20 heavy (non-hydrogen) atoms. The predicted octanol–water partition coefficient (Wildman–Crippen LogP) is 2.44. The van der Waals surface area contributed by atoms with Crippen LogP contribution in [0.1, 0.15) is 30.0 Å². The molecule has 104 valence electrons. The van der Waals surface area contributed by atoms with E-state index >= 15 is 0 Å². The maximum Gasteiger partial charge on any atom is 0.241 e. The first-order chi connectivity index (χ1) is 9.56. The Morgan fingerprint density at radius 3 is 2.90 bits per heavy atom. The average molecular weight is 307 g/mol. The van der Waals surface area contributed by atoms with Crippen LogP contribution in [0.4, 0.5) is 0 Å². The summed E-state index contributed by atoms with van der Waals surface area (Å²) in [6.45, 7) is 1.89. The highest BCUT2D eigenvalue weighted by molar-refractivity contribution is 7.89. The third-order valence-electron chi connectivity index (χ3n) is 2.73. The number of sulfonamides is 1. The zero-order valence-electron chi connectivity index (χ0n) is 10.8. The summed E-state index contributed by atoms with van der Waals surface area (Å²) in [5, 5.41) is 11.4. The molecular formula is C13H13N3O2S2. The molecule has 0 saturated carbocycles. The Kier molecular flexibility index (Phi) is 4.49. The third-order valence-corrected chi connectivity index (χ3v) is 5.09. The Balaban J connectivity index is 2.28. The van der Waals surface area contributed by atoms with E-state index in [9.17, 15) is 8.42 Å². The van der Waals surface area contributed by atoms with Crippen molar-refractivity contribution in [1.82, 2.24) is 9.71 Å². The first-order valence-corrected chi connectivity index (χ1v) is 8.35. The van der Waals surface area contributed by atoms with Crippen LogP contribution < -0.4 is 4.72 Å². The van der Waals surface area contributed by atoms with Crippen LogP contribution in [0.25, 0.3) is 0 Å². The van der Waals surface area contributed by atoms with E-state index in [1.165, 1.54) is 23.5 Å². The molecular weight excluding hydrogens is 294 g/mol. The van der Waals surface area contributed by atoms with E-state index in [1.54, 1.807) is 18.3 Å². The van der Waals surface area contributed by atoms with Gasteiger partial charge in [-0.2, -0.15) is 5.26 Å². The van der Waals surface area contributed by atoms with E-state index < -0.39 is 10.0 Å². The van der Waals surface area contributed by atoms with Crippen molar-refractivity contribution in [3.05, 3.63) is 46.4 Å². The lowest BCUT2D eigenvalue weighted by atomic mass is 10.2. The number of rotatable bonds is 5. The van der Waals surface area contributed by atoms with Crippen molar-refractivity contribution in [2.75, 3.05) is 0 Å². The number of benzene rings is 1. The fourth-order valence-corrected chi connectivity index (χ4v) is 3.88. The minimum absolute atomic E-state index is 0.0894. The number of nitrogens with one attached hydrogen (secondary N) is 1. The van der Waals surface area contributed by atoms with Gasteiger partial charge in [0.1, 0.15) is 5.01 Å². The first kappa shape index (κ1) is 14.7. The van der Waals surface area contributed by atoms with Crippen molar-refractivity contribution >= 4 is 21.4 Å². The van der Waals surface area contributed by atoms with Gasteiger partial charge in [-0.15, -0.1) is 11.3 Å². The lowest BCUT2D eigenvalue weighted by molar-refractivity contribution is 0.549. The number of aromatic nitrogens is 1. The molecule has 0 saturated heterocycles. The SMILES string of the molecule is CCC(NS(=O)(=O)c1cccc(C#N)c1)c1nccs1. The Morgan fingerprint density at radius 2 is 2.30 bits per heavy atom. The lowest BCUT2D eigenvalue weighted by Crippen LogP contribution is -2.28. The van der Waals surface area contributed by atoms with Crippen LogP contribution in [0.5, 0.6) is 0 Å². The van der Waals surface area contributed by atoms with Crippen molar-refractivity contribution in [2.24, 2.45) is 0 Å². The lowest BCUT2D eigenvalue weighted by Gasteiger charge is -2.14. The number of nitriles is 1. The van der Waals surface area contributed by atoms with E-state index in [-0.39, 0.29) is 10.9 Å². The van der Waals surface area contributed by atoms with Crippen molar-refractivity contribution in [1.29, 1.82) is 5.26 Å². The van der Waals surface area contributed by atoms with Crippen molar-refractivity contribution in [3.8, 4) is 6.07 Å². The van der Waals surface area contributed by atoms with E-state index in [0.717, 1.165) is 5.01 Å². The summed E-state index contributed by atoms with van der Waals surface area (Å²) in [7, 11) is -3.66. The Morgan fingerprint density at radius 1 is 1.50 bits per heavy atom. The number of thiazole rings is 1. The van der Waals surface area contributed by atoms with Gasteiger partial charge in [-0.1, -0.05) is 13.0 Å². The van der Waals surface area contributed by atoms with Gasteiger partial charge < -0.3 is 0 Å². The first-order valence-electron chi connectivity index (χ1n) is 5.98. The van der Waals surface area contributed by atoms with Gasteiger partial charge in [0.25, 0.3) is 0 Å². The van der Waals surface area contributed by atoms with Gasteiger partial charge in [-0.3, -0.25) is 0 Å². The number of hydrogen-bond acceptors (Lipinski definition) is 5. The summed E-state index contributed by atoms with van der Waals surface area (Å²) >= 11 is 1.41. The normalized spacial score (nSPS) is 12.8. The van der Waals surface area contributed by atoms with Crippen LogP contribution in [-0.4, -0.2) is 13.4 Å². The molecule has 1 atom stereocenters. The Hall–Kier alpha value is -1.75. The number of nitrogens with zero attached hydrogens (tertiary/aromatic N) is 2. The van der Waals surface area contributed by atoms with Crippen LogP contribution in [-0.2, 0) is 10.0 Å². The molecule has 0 aliphatic rings. The van der Waals surface area contributed by atoms with Gasteiger partial charge in [-0.25, -0.2) is 18.1 Å². The molecule has 0 spiro atoms. The van der Waals surface area contributed by atoms with Gasteiger partial charge in [-0.05, 0) is 24.6 Å². The van der Waals surface area contributed by atoms with Gasteiger partial charge in [0.2, 0.25) is 10.0 Å². The molecule has 0 radical (unpaired) electrons. The molecule has 2 aromatic rings. The molecule has 1 heterocycles. The van der Waals surface area contributed by atoms with Crippen molar-refractivity contribution in [2.45, 2.75) is 24.3 Å². The summed E-state index contributed by atoms with van der Waals surface area (Å²) in [4.78, 5) is 4.23. The van der Waals surface area contributed by atoms with E-state index in [4.69, 9.17) is 5.26 Å². The van der Waals surface area contributed by atoms with Crippen LogP contribution in [0.2, 0.25) is 0 Å². The molecule has 0 fully saturated rings. The Bertz CT molecular complexity index is 718. The summed E-state index contributed by atoms with van der Waals surface area (Å²) in [5.74, 6) is 0. The zero-order chi connectivity index (χ0) is 14.6. The molecule has 1 unspecified atom stereocenters. The quantitative estimate of drug-likeness (QED) is 0.919. The highest BCUT2D eigenvalue weighted by Gasteiger charge is 2.21. The molecule has 0 aliphatic heterocycles. The fourth-order valence-electron chi connectivity index (χ4n) is 1.70. The second-order valence-electron chi connectivity index (χ2n) is 4.09. The average Bonchev–Trinajstić information content (AvgIpc) is 2.99. The predicted molar refractivity (Wildman–Crippen MR) is 76.6 cm³/mol. The van der Waals surface area contributed by atoms with Gasteiger partial charge in [0.05, 0.1) is 22.6 Å². The smallest absolute Gasteiger partial charge is 0.241 e. The largest absolute Gasteiger partial charge is 0.248 e. The molecule has 5 nitrogen and oxygen atoms in total. The molecule has 0 bridgehead atoms. The summed E-state index contributed by atoms with van der Waals surface area (Å²) in [5.41, 5.74) is 0.315. The van der Waals surface area contributed by atoms with Crippen LogP contribution in [0.15, 0.2) is 40.7 Å². The summed E-state index contributed by atoms with van der Waals surface area (Å²) in [6, 6.07) is 7.52. The standard InChI is InChI=1S/C13H13N3O2S2/c1-2-12(13-15-6-7-19-13)16-20(17,18)11-5-3-4-10(8-11)9-14/h3-8,12,16H,2H2,1H3. The highest BCUT2D eigenvalue weighted by Crippen LogP contribution is 2.22. The summed E-state index contributed by atoms with van der Waals surface area (Å²) < 4.78 is 27.3. The van der Waals surface area contributed by atoms with Crippen molar-refractivity contribution in [3.63, 3.8) is 0 Å². The van der Waals surface area contributed by atoms with Crippen LogP contribution in [0.3, 0.4) is 0 Å². The topological polar surface area (TPSA) is 82.9 Å². The summed E-state index contributed by atoms with van der Waals surface area (Å²) in [6.07, 6.45) is 2.25. The maximum absolute atomic E-state index is 12.3. The molecule has 1 N–H and O–H groups in total. The van der Waals surface area contributed by atoms with E-state index in [2.05, 4.69) is 9.71 Å². The van der Waals surface area contributed by atoms with Crippen molar-refractivity contribution < 1.29 is 8.42 Å². The zero-order valence-corrected chi connectivity index (χ0v) is 12.4. The minimum Gasteiger partial charge on any atom is -0.248 e. The maximum atomic E-state index is 12.3. The molecule has 0 amide bonds. The third kappa shape index (κ3) is 3.22. The van der Waals surface area contributed by atoms with E-state index in [0.29, 0.717) is 12.0 Å². The van der Waals surface area contributed by atoms with Gasteiger partial charge in [0, 0.05) is 11.6 Å². The second kappa shape index (κ2) is 6.13. The number of hydrogen-bond donors (Lipinski definition) is 1. The van der Waals surface area contributed by atoms with Gasteiger partial charge >= 0.3 is 0 Å². The van der Waals surface area contributed by atoms with Crippen LogP contribution >= 0.6 is 11.3 Å². The monoisotopic (exact) mass is 307 g/mol. The molecule has 2 rings (SSSR count). The second-order valence-corrected chi connectivity index (χ2v) is 6.73. The Labute approximate surface area is 122 Å². The minimum atomic E-state index is -3.66.